The van der Waals surface area contributed by atoms with E-state index in [2.05, 4.69) is 15.4 Å². The van der Waals surface area contributed by atoms with Crippen molar-refractivity contribution in [3.05, 3.63) is 11.8 Å². The van der Waals surface area contributed by atoms with Crippen molar-refractivity contribution in [2.45, 2.75) is 30.6 Å². The molecule has 1 aromatic rings. The van der Waals surface area contributed by atoms with Gasteiger partial charge in [0.2, 0.25) is 0 Å². The van der Waals surface area contributed by atoms with Crippen LogP contribution in [0.2, 0.25) is 0 Å². The third-order valence-electron chi connectivity index (χ3n) is 3.51. The molecule has 0 bridgehead atoms. The molecule has 1 saturated heterocycles. The lowest BCUT2D eigenvalue weighted by molar-refractivity contribution is -0.0575. The molecule has 0 radical (unpaired) electrons. The lowest BCUT2D eigenvalue weighted by Gasteiger charge is -2.18. The number of fused-ring (bicyclic) bond motifs is 1. The maximum atomic E-state index is 10.00. The van der Waals surface area contributed by atoms with Crippen molar-refractivity contribution in [2.24, 2.45) is 4.99 Å². The van der Waals surface area contributed by atoms with Gasteiger partial charge in [0, 0.05) is 5.56 Å². The molecule has 0 aromatic carbocycles. The number of aliphatic imine (C=N–C) groups is 1. The van der Waals surface area contributed by atoms with Crippen molar-refractivity contribution in [3.63, 3.8) is 0 Å². The van der Waals surface area contributed by atoms with Crippen LogP contribution in [0.25, 0.3) is 0 Å². The van der Waals surface area contributed by atoms with Crippen molar-refractivity contribution < 1.29 is 25.2 Å². The van der Waals surface area contributed by atoms with E-state index in [4.69, 9.17) is 9.84 Å². The summed E-state index contributed by atoms with van der Waals surface area (Å²) in [7, 11) is 0. The fraction of sp³-hybridized carbons (Fsp3) is 0.636. The normalized spacial score (nSPS) is 36.5. The summed E-state index contributed by atoms with van der Waals surface area (Å²) in [6.07, 6.45) is -2.17. The monoisotopic (exact) mass is 284 g/mol. The van der Waals surface area contributed by atoms with Gasteiger partial charge in [-0.3, -0.25) is 4.99 Å². The summed E-state index contributed by atoms with van der Waals surface area (Å²) in [6.45, 7) is -0.197. The van der Waals surface area contributed by atoms with Crippen molar-refractivity contribution >= 4 is 12.2 Å². The van der Waals surface area contributed by atoms with E-state index >= 15 is 0 Å². The van der Waals surface area contributed by atoms with Gasteiger partial charge in [-0.05, 0) is 0 Å². The minimum absolute atomic E-state index is 0.210. The predicted octanol–water partition coefficient (Wildman–Crippen LogP) is -2.02. The number of hydrogen-bond acceptors (Lipinski definition) is 8. The van der Waals surface area contributed by atoms with Crippen molar-refractivity contribution in [1.29, 1.82) is 0 Å². The summed E-state index contributed by atoms with van der Waals surface area (Å²) in [6, 6.07) is 0. The Kier molecular flexibility index (Phi) is 3.44. The van der Waals surface area contributed by atoms with Crippen LogP contribution in [-0.4, -0.2) is 68.0 Å². The van der Waals surface area contributed by atoms with Crippen LogP contribution >= 0.6 is 0 Å². The number of anilines is 1. The van der Waals surface area contributed by atoms with Gasteiger partial charge in [-0.25, -0.2) is 4.68 Å². The summed E-state index contributed by atoms with van der Waals surface area (Å²) >= 11 is 0. The average molecular weight is 284 g/mol. The minimum Gasteiger partial charge on any atom is -0.394 e. The number of aliphatic hydroxyl groups excluding tert-OH is 4. The molecule has 2 aliphatic heterocycles. The Morgan fingerprint density at radius 1 is 1.35 bits per heavy atom. The van der Waals surface area contributed by atoms with Gasteiger partial charge in [-0.2, -0.15) is 5.10 Å². The first kappa shape index (κ1) is 13.5. The van der Waals surface area contributed by atoms with E-state index in [0.29, 0.717) is 11.4 Å². The molecular weight excluding hydrogens is 268 g/mol. The first-order valence-electron chi connectivity index (χ1n) is 6.26. The molecule has 0 aliphatic carbocycles. The Hall–Kier alpha value is -1.52. The Morgan fingerprint density at radius 2 is 2.15 bits per heavy atom. The summed E-state index contributed by atoms with van der Waals surface area (Å²) in [5.74, 6) is 0.439. The van der Waals surface area contributed by atoms with Crippen LogP contribution in [0.4, 0.5) is 5.82 Å². The van der Waals surface area contributed by atoms with E-state index in [1.54, 1.807) is 0 Å². The second-order valence-corrected chi connectivity index (χ2v) is 4.78. The highest BCUT2D eigenvalue weighted by Gasteiger charge is 2.44. The lowest BCUT2D eigenvalue weighted by atomic mass is 10.1. The van der Waals surface area contributed by atoms with Crippen molar-refractivity contribution in [1.82, 2.24) is 9.78 Å². The van der Waals surface area contributed by atoms with Crippen LogP contribution in [-0.2, 0) is 4.74 Å². The molecular formula is C11H16N4O5. The zero-order valence-corrected chi connectivity index (χ0v) is 10.5. The number of hydrogen-bond donors (Lipinski definition) is 5. The summed E-state index contributed by atoms with van der Waals surface area (Å²) < 4.78 is 6.74. The standard InChI is InChI=1S/C11H16N4O5/c16-3-7-8(18)9(19)11(20-7)15-10-5(1-14-15)6(17)2-12-4-13-10/h1,4,6-9,11,16-19H,2-3H2,(H,12,13)/t6?,7-,8-,9-,11-/m1/s1. The fourth-order valence-corrected chi connectivity index (χ4v) is 2.40. The maximum absolute atomic E-state index is 10.00. The summed E-state index contributed by atoms with van der Waals surface area (Å²) in [4.78, 5) is 3.95. The number of aliphatic hydroxyl groups is 4. The van der Waals surface area contributed by atoms with Crippen LogP contribution in [0.1, 0.15) is 17.9 Å². The second-order valence-electron chi connectivity index (χ2n) is 4.78. The minimum atomic E-state index is -1.23. The molecule has 5 atom stereocenters. The van der Waals surface area contributed by atoms with E-state index in [-0.39, 0.29) is 6.54 Å². The van der Waals surface area contributed by atoms with Crippen LogP contribution < -0.4 is 5.32 Å². The SMILES string of the molecule is OC[C@H]1O[C@@H](n2ncc3c2NC=NCC3O)[C@H](O)[C@@H]1O. The van der Waals surface area contributed by atoms with Gasteiger partial charge < -0.3 is 30.5 Å². The molecule has 1 aromatic heterocycles. The van der Waals surface area contributed by atoms with E-state index in [0.717, 1.165) is 0 Å². The van der Waals surface area contributed by atoms with E-state index in [9.17, 15) is 15.3 Å². The number of ether oxygens (including phenoxy) is 1. The first-order valence-corrected chi connectivity index (χ1v) is 6.26. The third kappa shape index (κ3) is 2.00. The van der Waals surface area contributed by atoms with Gasteiger partial charge in [0.1, 0.15) is 30.2 Å². The van der Waals surface area contributed by atoms with E-state index in [1.165, 1.54) is 17.2 Å². The molecule has 2 aliphatic rings. The largest absolute Gasteiger partial charge is 0.394 e. The zero-order chi connectivity index (χ0) is 14.3. The molecule has 9 nitrogen and oxygen atoms in total. The van der Waals surface area contributed by atoms with Crippen LogP contribution in [0, 0.1) is 0 Å². The van der Waals surface area contributed by atoms with Crippen LogP contribution in [0.5, 0.6) is 0 Å². The molecule has 5 N–H and O–H groups in total. The summed E-state index contributed by atoms with van der Waals surface area (Å²) in [5.41, 5.74) is 0.528. The Bertz CT molecular complexity index is 519. The Balaban J connectivity index is 1.94. The van der Waals surface area contributed by atoms with Gasteiger partial charge in [-0.1, -0.05) is 0 Å². The molecule has 1 unspecified atom stereocenters. The highest BCUT2D eigenvalue weighted by Crippen LogP contribution is 2.34. The average Bonchev–Trinajstić information content (AvgIpc) is 2.92. The predicted molar refractivity (Wildman–Crippen MR) is 67.2 cm³/mol. The van der Waals surface area contributed by atoms with Crippen molar-refractivity contribution in [2.75, 3.05) is 18.5 Å². The van der Waals surface area contributed by atoms with E-state index in [1.807, 2.05) is 0 Å². The zero-order valence-electron chi connectivity index (χ0n) is 10.5. The number of aromatic nitrogens is 2. The van der Waals surface area contributed by atoms with Gasteiger partial charge in [0.15, 0.2) is 6.23 Å². The summed E-state index contributed by atoms with van der Waals surface area (Å²) in [5, 5.41) is 45.7. The highest BCUT2D eigenvalue weighted by molar-refractivity contribution is 5.76. The topological polar surface area (TPSA) is 132 Å². The molecule has 0 amide bonds. The lowest BCUT2D eigenvalue weighted by Crippen LogP contribution is -2.33. The van der Waals surface area contributed by atoms with Gasteiger partial charge in [0.05, 0.1) is 25.7 Å². The highest BCUT2D eigenvalue weighted by atomic mass is 16.6. The van der Waals surface area contributed by atoms with Gasteiger partial charge in [-0.15, -0.1) is 0 Å². The third-order valence-corrected chi connectivity index (χ3v) is 3.51. The number of rotatable bonds is 2. The maximum Gasteiger partial charge on any atom is 0.181 e. The molecule has 3 heterocycles. The van der Waals surface area contributed by atoms with Crippen molar-refractivity contribution in [3.8, 4) is 0 Å². The van der Waals surface area contributed by atoms with Gasteiger partial charge in [0.25, 0.3) is 0 Å². The van der Waals surface area contributed by atoms with Crippen LogP contribution in [0.3, 0.4) is 0 Å². The smallest absolute Gasteiger partial charge is 0.181 e. The fourth-order valence-electron chi connectivity index (χ4n) is 2.40. The quantitative estimate of drug-likeness (QED) is 0.423. The molecule has 20 heavy (non-hydrogen) atoms. The van der Waals surface area contributed by atoms with Crippen LogP contribution in [0.15, 0.2) is 11.2 Å². The number of nitrogens with one attached hydrogen (secondary N) is 1. The second kappa shape index (κ2) is 5.11. The first-order chi connectivity index (χ1) is 9.63. The molecule has 110 valence electrons. The number of nitrogens with zero attached hydrogens (tertiary/aromatic N) is 3. The Morgan fingerprint density at radius 3 is 2.85 bits per heavy atom. The molecule has 0 spiro atoms. The molecule has 1 fully saturated rings. The molecule has 3 rings (SSSR count). The van der Waals surface area contributed by atoms with Gasteiger partial charge >= 0.3 is 0 Å². The Labute approximate surface area is 114 Å². The molecule has 0 saturated carbocycles. The van der Waals surface area contributed by atoms with E-state index < -0.39 is 37.3 Å². The molecule has 9 heteroatoms.